The summed E-state index contributed by atoms with van der Waals surface area (Å²) in [6.45, 7) is 9.10. The molecule has 0 bridgehead atoms. The molecule has 6 aliphatic rings. The van der Waals surface area contributed by atoms with Crippen LogP contribution in [-0.2, 0) is 63.1 Å². The molecular formula is C85H100N14O18S4. The molecule has 2 saturated heterocycles. The van der Waals surface area contributed by atoms with Crippen LogP contribution in [0.25, 0.3) is 44.6 Å². The van der Waals surface area contributed by atoms with Crippen molar-refractivity contribution in [2.45, 2.75) is 188 Å². The number of allylic oxidation sites excluding steroid dienone is 2. The lowest BCUT2D eigenvalue weighted by Crippen LogP contribution is -2.56. The number of para-hydroxylation sites is 2. The maximum atomic E-state index is 14.5. The third-order valence-corrected chi connectivity index (χ3v) is 26.1. The summed E-state index contributed by atoms with van der Waals surface area (Å²) in [4.78, 5) is 130. The number of carboxylic acid groups (broad SMARTS) is 1. The average Bonchev–Trinajstić information content (AvgIpc) is 1.58. The molecule has 9 N–H and O–H groups in total. The Morgan fingerprint density at radius 3 is 1.39 bits per heavy atom. The number of hydrogen-bond acceptors (Lipinski definition) is 27. The zero-order chi connectivity index (χ0) is 85.9. The number of carbonyl (C=O) groups is 8. The molecule has 0 unspecified atom stereocenters. The van der Waals surface area contributed by atoms with E-state index >= 15 is 0 Å². The molecule has 36 heteroatoms. The van der Waals surface area contributed by atoms with E-state index in [4.69, 9.17) is 43.6 Å². The van der Waals surface area contributed by atoms with Crippen molar-refractivity contribution >= 4 is 134 Å². The highest BCUT2D eigenvalue weighted by Gasteiger charge is 2.63. The monoisotopic (exact) mass is 1730 g/mol. The molecule has 2 aliphatic carbocycles. The van der Waals surface area contributed by atoms with Crippen LogP contribution in [0.5, 0.6) is 23.0 Å². The van der Waals surface area contributed by atoms with Crippen LogP contribution in [0.2, 0.25) is 0 Å². The number of ether oxygens (including phenoxy) is 5. The number of methoxy groups -OCH3 is 3. The molecule has 0 spiro atoms. The van der Waals surface area contributed by atoms with E-state index in [0.29, 0.717) is 92.0 Å². The number of thiazole rings is 2. The third-order valence-electron chi connectivity index (χ3n) is 21.8. The highest BCUT2D eigenvalue weighted by Crippen LogP contribution is 2.48. The Hall–Kier alpha value is -11.5. The van der Waals surface area contributed by atoms with Crippen molar-refractivity contribution in [1.82, 2.24) is 49.8 Å². The van der Waals surface area contributed by atoms with Gasteiger partial charge in [-0.1, -0.05) is 61.4 Å². The van der Waals surface area contributed by atoms with Gasteiger partial charge in [-0.15, -0.1) is 22.7 Å². The molecule has 121 heavy (non-hydrogen) atoms. The van der Waals surface area contributed by atoms with Gasteiger partial charge in [0.15, 0.2) is 10.3 Å². The Labute approximate surface area is 709 Å². The van der Waals surface area contributed by atoms with Gasteiger partial charge in [-0.05, 0) is 128 Å². The van der Waals surface area contributed by atoms with E-state index in [-0.39, 0.29) is 79.9 Å². The summed E-state index contributed by atoms with van der Waals surface area (Å²) in [7, 11) is -4.41. The van der Waals surface area contributed by atoms with Gasteiger partial charge in [0, 0.05) is 108 Å². The molecule has 8 atom stereocenters. The minimum Gasteiger partial charge on any atom is -0.497 e. The summed E-state index contributed by atoms with van der Waals surface area (Å²) in [6, 6.07) is 25.0. The molecule has 14 rings (SSSR count). The smallest absolute Gasteiger partial charge is 0.306 e. The van der Waals surface area contributed by atoms with Crippen LogP contribution >= 0.6 is 22.7 Å². The van der Waals surface area contributed by atoms with Crippen LogP contribution in [0, 0.1) is 11.8 Å². The second-order valence-electron chi connectivity index (χ2n) is 31.3. The first-order valence-corrected chi connectivity index (χ1v) is 45.2. The van der Waals surface area contributed by atoms with Crippen LogP contribution in [-0.4, -0.2) is 194 Å². The molecule has 4 aromatic carbocycles. The van der Waals surface area contributed by atoms with Crippen molar-refractivity contribution in [1.29, 1.82) is 0 Å². The molecular weight excluding hydrogens is 1630 g/mol. The largest absolute Gasteiger partial charge is 0.497 e. The maximum Gasteiger partial charge on any atom is 0.306 e. The number of rotatable bonds is 22. The molecule has 8 heterocycles. The number of nitrogens with one attached hydrogen (secondary N) is 8. The van der Waals surface area contributed by atoms with Crippen molar-refractivity contribution in [3.8, 4) is 45.8 Å². The molecule has 6 amide bonds. The highest BCUT2D eigenvalue weighted by molar-refractivity contribution is 7.90. The predicted octanol–water partition coefficient (Wildman–Crippen LogP) is 10.7. The van der Waals surface area contributed by atoms with Crippen molar-refractivity contribution < 1.29 is 84.0 Å². The lowest BCUT2D eigenvalue weighted by Gasteiger charge is -2.26. The number of hydrogen-bond donors (Lipinski definition) is 9. The summed E-state index contributed by atoms with van der Waals surface area (Å²) in [5.74, 6) is -4.94. The first kappa shape index (κ1) is 87.3. The number of fused-ring (bicyclic) bond motifs is 6. The fourth-order valence-electron chi connectivity index (χ4n) is 15.4. The first-order valence-electron chi connectivity index (χ1n) is 40.5. The van der Waals surface area contributed by atoms with Crippen LogP contribution < -0.4 is 60.3 Å². The van der Waals surface area contributed by atoms with Crippen LogP contribution in [0.15, 0.2) is 142 Å². The Kier molecular flexibility index (Phi) is 27.5. The molecule has 4 aliphatic heterocycles. The molecule has 0 radical (unpaired) electrons. The SMILES string of the molecule is COC(=O)CCC(=O)N1C[C@H](Oc2cc(-c3csc(NC(C)C)n3)nc3cc(OC)ccc23)C[C@H]1C(=O)N[C@]12C[C@H]1/C=C\CCCCCNc1ccccc1S(=O)(=O)NC2=O.COc1ccc2c(O[C@@H]3C[C@@H](C(=O)N[C@]45C[C@H]4/C=C\CCCCCNc4ccccc4S(=O)(=O)NC5=O)N(C(=O)CCC(=O)O)C3)cc(-c3csc(NC(C)C)n3)nc2c1. The van der Waals surface area contributed by atoms with E-state index in [1.54, 1.807) is 93.1 Å². The van der Waals surface area contributed by atoms with E-state index in [2.05, 4.69) is 41.3 Å². The van der Waals surface area contributed by atoms with Gasteiger partial charge in [0.2, 0.25) is 23.6 Å². The number of carboxylic acids is 1. The average molecular weight is 1730 g/mol. The standard InChI is InChI=1S/C43H51N7O9S2.C42H49N7O9S2/c1-26(2)45-42-47-34(25-60-42)33-22-36(30-16-15-28(57-3)20-32(30)46-33)59-29-21-35(50(24-29)38(51)17-18-39(52)58-4)40(53)48-43-23-27(43)12-8-6-5-7-11-19-44-31-13-9-10-14-37(31)61(55,56)49-41(43)54;1-25(2)44-41-46-33(24-59-41)32-21-35(29-15-14-27(57-3)19-31(29)45-32)58-28-20-34(49(23-28)37(50)16-17-38(51)52)39(53)47-42-22-26(42)11-7-5-4-6-10-18-43-30-12-8-9-13-36(30)60(55,56)48-40(42)54/h8-10,12-16,20,22,25-27,29,35,44H,5-7,11,17-19,21,23-24H2,1-4H3,(H,45,47)(H,48,53)(H,49,54);7-9,11-15,19,21,24-26,28,34,43H,4-6,10,16-18,20,22-23H2,1-3H3,(H,44,46)(H,47,53)(H,48,54)(H,51,52)/b12-8-;11-7-/t27-,29-,35+,43-;26-,28-,34+,42-/m11/s1. The van der Waals surface area contributed by atoms with Gasteiger partial charge in [0.05, 0.1) is 81.1 Å². The molecule has 2 saturated carbocycles. The van der Waals surface area contributed by atoms with Crippen molar-refractivity contribution in [3.63, 3.8) is 0 Å². The Balaban J connectivity index is 0.000000209. The summed E-state index contributed by atoms with van der Waals surface area (Å²) >= 11 is 2.88. The number of carbonyl (C=O) groups excluding carboxylic acids is 7. The van der Waals surface area contributed by atoms with Gasteiger partial charge in [-0.25, -0.2) is 46.2 Å². The summed E-state index contributed by atoms with van der Waals surface area (Å²) in [6.07, 6.45) is 11.9. The van der Waals surface area contributed by atoms with E-state index in [0.717, 1.165) is 61.6 Å². The van der Waals surface area contributed by atoms with E-state index in [9.17, 15) is 60.3 Å². The number of aromatic nitrogens is 4. The zero-order valence-corrected chi connectivity index (χ0v) is 71.4. The molecule has 4 fully saturated rings. The fraction of sp³-hybridized carbons (Fsp3) is 0.435. The van der Waals surface area contributed by atoms with Crippen LogP contribution in [0.4, 0.5) is 21.6 Å². The maximum absolute atomic E-state index is 14.5. The minimum absolute atomic E-state index is 0.00530. The van der Waals surface area contributed by atoms with E-state index in [1.807, 2.05) is 68.8 Å². The Morgan fingerprint density at radius 1 is 0.545 bits per heavy atom. The zero-order valence-electron chi connectivity index (χ0n) is 68.2. The first-order chi connectivity index (χ1) is 58.1. The van der Waals surface area contributed by atoms with Gasteiger partial charge in [-0.3, -0.25) is 38.4 Å². The number of amides is 6. The topological polar surface area (TPSA) is 425 Å². The normalized spacial score (nSPS) is 23.0. The number of likely N-dealkylation sites (tertiary alicyclic amines) is 2. The fourth-order valence-corrected chi connectivity index (χ4v) is 19.5. The number of pyridine rings is 2. The summed E-state index contributed by atoms with van der Waals surface area (Å²) < 4.78 is 88.5. The predicted molar refractivity (Wildman–Crippen MR) is 457 cm³/mol. The lowest BCUT2D eigenvalue weighted by atomic mass is 10.1. The van der Waals surface area contributed by atoms with Crippen molar-refractivity contribution in [2.24, 2.45) is 11.8 Å². The van der Waals surface area contributed by atoms with Gasteiger partial charge < -0.3 is 70.5 Å². The summed E-state index contributed by atoms with van der Waals surface area (Å²) in [5.41, 5.74) is 0.935. The summed E-state index contributed by atoms with van der Waals surface area (Å²) in [5, 5.41) is 34.6. The number of esters is 1. The number of anilines is 4. The van der Waals surface area contributed by atoms with E-state index < -0.39 is 121 Å². The number of benzene rings is 4. The second kappa shape index (κ2) is 38.1. The van der Waals surface area contributed by atoms with Gasteiger partial charge in [0.25, 0.3) is 31.9 Å². The van der Waals surface area contributed by atoms with Crippen LogP contribution in [0.1, 0.15) is 130 Å². The van der Waals surface area contributed by atoms with Crippen LogP contribution in [0.3, 0.4) is 0 Å². The number of nitrogens with zero attached hydrogens (tertiary/aromatic N) is 6. The highest BCUT2D eigenvalue weighted by atomic mass is 32.2. The van der Waals surface area contributed by atoms with Gasteiger partial charge in [0.1, 0.15) is 79.5 Å². The van der Waals surface area contributed by atoms with Crippen molar-refractivity contribution in [2.75, 3.05) is 68.8 Å². The Morgan fingerprint density at radius 2 is 0.975 bits per heavy atom. The number of sulfonamides is 2. The molecule has 32 nitrogen and oxygen atoms in total. The quantitative estimate of drug-likeness (QED) is 0.0225. The molecule has 642 valence electrons. The van der Waals surface area contributed by atoms with Gasteiger partial charge >= 0.3 is 11.9 Å². The van der Waals surface area contributed by atoms with E-state index in [1.165, 1.54) is 51.7 Å². The third kappa shape index (κ3) is 20.9. The minimum atomic E-state index is -4.38. The Bertz CT molecular complexity index is 5530. The van der Waals surface area contributed by atoms with Crippen molar-refractivity contribution in [3.05, 3.63) is 132 Å². The molecule has 8 aromatic rings. The number of aliphatic carboxylic acids is 1. The second-order valence-corrected chi connectivity index (χ2v) is 36.3. The molecule has 4 aromatic heterocycles. The lowest BCUT2D eigenvalue weighted by molar-refractivity contribution is -0.145. The van der Waals surface area contributed by atoms with Gasteiger partial charge in [-0.2, -0.15) is 0 Å².